The average Bonchev–Trinajstić information content (AvgIpc) is 3.61. The van der Waals surface area contributed by atoms with Crippen LogP contribution in [0.5, 0.6) is 0 Å². The van der Waals surface area contributed by atoms with Gasteiger partial charge in [-0.3, -0.25) is 4.79 Å². The summed E-state index contributed by atoms with van der Waals surface area (Å²) in [5, 5.41) is 16.7. The van der Waals surface area contributed by atoms with E-state index in [1.54, 1.807) is 6.26 Å². The molecule has 0 saturated heterocycles. The lowest BCUT2D eigenvalue weighted by Crippen LogP contribution is -2.28. The number of furan rings is 2. The summed E-state index contributed by atoms with van der Waals surface area (Å²) in [5.41, 5.74) is 1.54. The van der Waals surface area contributed by atoms with Gasteiger partial charge in [0.25, 0.3) is 5.91 Å². The quantitative estimate of drug-likeness (QED) is 0.396. The van der Waals surface area contributed by atoms with Crippen molar-refractivity contribution in [1.82, 2.24) is 19.8 Å². The molecule has 33 heavy (non-hydrogen) atoms. The van der Waals surface area contributed by atoms with Crippen LogP contribution in [0.15, 0.2) is 67.8 Å². The summed E-state index contributed by atoms with van der Waals surface area (Å²) in [6.07, 6.45) is 6.55. The molecule has 1 amide bonds. The molecule has 0 fully saturated rings. The minimum absolute atomic E-state index is 0.0986. The number of para-hydroxylation sites is 1. The topological polar surface area (TPSA) is 89.7 Å². The summed E-state index contributed by atoms with van der Waals surface area (Å²) in [5.74, 6) is 2.53. The molecule has 0 unspecified atom stereocenters. The van der Waals surface area contributed by atoms with E-state index in [0.29, 0.717) is 17.9 Å². The van der Waals surface area contributed by atoms with Gasteiger partial charge in [0.1, 0.15) is 28.9 Å². The largest absolute Gasteiger partial charge is 0.467 e. The monoisotopic (exact) mass is 461 g/mol. The van der Waals surface area contributed by atoms with Crippen LogP contribution in [0.2, 0.25) is 0 Å². The molecule has 1 aromatic carbocycles. The molecule has 2 aliphatic heterocycles. The van der Waals surface area contributed by atoms with Crippen molar-refractivity contribution >= 4 is 34.3 Å². The number of hydrogen-bond donors (Lipinski definition) is 0. The lowest BCUT2D eigenvalue weighted by Gasteiger charge is -2.19. The van der Waals surface area contributed by atoms with Crippen LogP contribution >= 0.6 is 11.8 Å². The second-order valence-corrected chi connectivity index (χ2v) is 9.26. The first-order valence-electron chi connectivity index (χ1n) is 11.2. The number of aromatic nitrogens is 3. The third-order valence-corrected chi connectivity index (χ3v) is 7.10. The summed E-state index contributed by atoms with van der Waals surface area (Å²) in [7, 11) is 0. The molecule has 0 N–H and O–H groups in total. The molecular formula is C24H23N5O3S. The van der Waals surface area contributed by atoms with Gasteiger partial charge in [-0.1, -0.05) is 36.4 Å². The van der Waals surface area contributed by atoms with Crippen LogP contribution in [0.4, 0.5) is 0 Å². The van der Waals surface area contributed by atoms with E-state index in [-0.39, 0.29) is 17.7 Å². The second-order valence-electron chi connectivity index (χ2n) is 8.32. The van der Waals surface area contributed by atoms with E-state index >= 15 is 0 Å². The van der Waals surface area contributed by atoms with Crippen LogP contribution in [-0.4, -0.2) is 37.1 Å². The predicted octanol–water partition coefficient (Wildman–Crippen LogP) is 4.81. The van der Waals surface area contributed by atoms with Crippen molar-refractivity contribution in [3.05, 3.63) is 66.1 Å². The Labute approximate surface area is 194 Å². The fraction of sp³-hybridized carbons (Fsp3) is 0.333. The Morgan fingerprint density at radius 3 is 2.94 bits per heavy atom. The summed E-state index contributed by atoms with van der Waals surface area (Å²) in [4.78, 5) is 13.3. The molecule has 0 bridgehead atoms. The molecule has 9 heteroatoms. The summed E-state index contributed by atoms with van der Waals surface area (Å²) in [6.45, 7) is 0.909. The number of hydrazone groups is 1. The van der Waals surface area contributed by atoms with Crippen LogP contribution in [0.1, 0.15) is 49.1 Å². The molecule has 5 heterocycles. The summed E-state index contributed by atoms with van der Waals surface area (Å²) >= 11 is 1.42. The van der Waals surface area contributed by atoms with E-state index in [4.69, 9.17) is 8.83 Å². The van der Waals surface area contributed by atoms with Gasteiger partial charge in [-0.05, 0) is 37.1 Å². The molecule has 168 valence electrons. The van der Waals surface area contributed by atoms with Gasteiger partial charge >= 0.3 is 0 Å². The summed E-state index contributed by atoms with van der Waals surface area (Å²) < 4.78 is 13.8. The third-order valence-electron chi connectivity index (χ3n) is 6.15. The maximum atomic E-state index is 13.3. The average molecular weight is 462 g/mol. The van der Waals surface area contributed by atoms with Crippen molar-refractivity contribution in [2.75, 3.05) is 5.75 Å². The Balaban J connectivity index is 1.25. The first-order valence-corrected chi connectivity index (χ1v) is 12.2. The zero-order chi connectivity index (χ0) is 22.2. The molecule has 4 aromatic rings. The maximum Gasteiger partial charge on any atom is 0.253 e. The zero-order valence-corrected chi connectivity index (χ0v) is 18.8. The lowest BCUT2D eigenvalue weighted by atomic mass is 10.1. The van der Waals surface area contributed by atoms with E-state index in [2.05, 4.69) is 19.9 Å². The van der Waals surface area contributed by atoms with Crippen LogP contribution in [0.25, 0.3) is 11.0 Å². The Morgan fingerprint density at radius 2 is 2.06 bits per heavy atom. The van der Waals surface area contributed by atoms with Gasteiger partial charge in [-0.25, -0.2) is 5.01 Å². The number of amides is 1. The number of thioether (sulfide) groups is 1. The molecule has 8 nitrogen and oxygen atoms in total. The van der Waals surface area contributed by atoms with Crippen LogP contribution < -0.4 is 0 Å². The number of rotatable bonds is 5. The van der Waals surface area contributed by atoms with E-state index in [1.165, 1.54) is 23.2 Å². The van der Waals surface area contributed by atoms with Gasteiger partial charge < -0.3 is 13.4 Å². The number of benzene rings is 1. The Kier molecular flexibility index (Phi) is 5.26. The van der Waals surface area contributed by atoms with Gasteiger partial charge in [0.15, 0.2) is 10.9 Å². The Bertz CT molecular complexity index is 1290. The van der Waals surface area contributed by atoms with Crippen LogP contribution in [-0.2, 0) is 17.8 Å². The minimum Gasteiger partial charge on any atom is -0.467 e. The molecular weight excluding hydrogens is 438 g/mol. The number of carbonyl (C=O) groups is 1. The normalized spacial score (nSPS) is 18.4. The summed E-state index contributed by atoms with van der Waals surface area (Å²) in [6, 6.07) is 13.2. The lowest BCUT2D eigenvalue weighted by molar-refractivity contribution is -0.130. The van der Waals surface area contributed by atoms with E-state index < -0.39 is 0 Å². The fourth-order valence-corrected chi connectivity index (χ4v) is 5.31. The third kappa shape index (κ3) is 3.86. The smallest absolute Gasteiger partial charge is 0.253 e. The molecule has 0 saturated carbocycles. The van der Waals surface area contributed by atoms with Crippen LogP contribution in [0, 0.1) is 0 Å². The molecule has 1 atom stereocenters. The highest BCUT2D eigenvalue weighted by atomic mass is 32.2. The number of fused-ring (bicyclic) bond motifs is 2. The van der Waals surface area contributed by atoms with Gasteiger partial charge in [0.2, 0.25) is 0 Å². The van der Waals surface area contributed by atoms with Gasteiger partial charge in [-0.15, -0.1) is 10.2 Å². The molecule has 0 spiro atoms. The SMILES string of the molecule is O=C(CSc1nnc2n1CCCCC2)N1N=C(c2cc3ccccc3o2)C[C@@H]1c1ccco1. The van der Waals surface area contributed by atoms with Crippen molar-refractivity contribution in [2.24, 2.45) is 5.10 Å². The molecule has 0 radical (unpaired) electrons. The molecule has 2 aliphatic rings. The van der Waals surface area contributed by atoms with Crippen molar-refractivity contribution < 1.29 is 13.6 Å². The zero-order valence-electron chi connectivity index (χ0n) is 18.0. The highest BCUT2D eigenvalue weighted by Gasteiger charge is 2.36. The Hall–Kier alpha value is -3.33. The van der Waals surface area contributed by atoms with E-state index in [9.17, 15) is 4.79 Å². The highest BCUT2D eigenvalue weighted by Crippen LogP contribution is 2.35. The number of nitrogens with zero attached hydrogens (tertiary/aromatic N) is 5. The van der Waals surface area contributed by atoms with E-state index in [0.717, 1.165) is 53.5 Å². The maximum absolute atomic E-state index is 13.3. The predicted molar refractivity (Wildman–Crippen MR) is 124 cm³/mol. The number of carbonyl (C=O) groups excluding carboxylic acids is 1. The number of hydrogen-bond acceptors (Lipinski definition) is 7. The molecule has 3 aromatic heterocycles. The van der Waals surface area contributed by atoms with Crippen molar-refractivity contribution in [3.63, 3.8) is 0 Å². The van der Waals surface area contributed by atoms with Crippen molar-refractivity contribution in [2.45, 2.75) is 49.8 Å². The molecule has 0 aliphatic carbocycles. The van der Waals surface area contributed by atoms with Gasteiger partial charge in [-0.2, -0.15) is 5.10 Å². The Morgan fingerprint density at radius 1 is 1.12 bits per heavy atom. The van der Waals surface area contributed by atoms with E-state index in [1.807, 2.05) is 42.5 Å². The van der Waals surface area contributed by atoms with Gasteiger partial charge in [0, 0.05) is 24.8 Å². The van der Waals surface area contributed by atoms with Crippen LogP contribution in [0.3, 0.4) is 0 Å². The standard InChI is InChI=1S/C24H23N5O3S/c30-23(15-33-24-26-25-22-10-2-1-5-11-28(22)24)29-18(20-9-6-12-31-20)14-17(27-29)21-13-16-7-3-4-8-19(16)32-21/h3-4,6-9,12-13,18H,1-2,5,10-11,14-15H2/t18-/m1/s1. The number of aryl methyl sites for hydroxylation is 1. The van der Waals surface area contributed by atoms with Crippen molar-refractivity contribution in [1.29, 1.82) is 0 Å². The second kappa shape index (κ2) is 8.55. The fourth-order valence-electron chi connectivity index (χ4n) is 4.47. The first-order chi connectivity index (χ1) is 16.3. The highest BCUT2D eigenvalue weighted by molar-refractivity contribution is 7.99. The minimum atomic E-state index is -0.299. The van der Waals surface area contributed by atoms with Crippen molar-refractivity contribution in [3.8, 4) is 0 Å². The van der Waals surface area contributed by atoms with Gasteiger partial charge in [0.05, 0.1) is 12.0 Å². The molecule has 6 rings (SSSR count). The first kappa shape index (κ1) is 20.3.